The van der Waals surface area contributed by atoms with Gasteiger partial charge in [-0.3, -0.25) is 9.89 Å². The summed E-state index contributed by atoms with van der Waals surface area (Å²) in [5, 5.41) is 18.3. The van der Waals surface area contributed by atoms with E-state index in [0.717, 1.165) is 47.3 Å². The zero-order chi connectivity index (χ0) is 22.8. The summed E-state index contributed by atoms with van der Waals surface area (Å²) in [5.41, 5.74) is 5.51. The van der Waals surface area contributed by atoms with Gasteiger partial charge in [-0.1, -0.05) is 38.5 Å². The van der Waals surface area contributed by atoms with Crippen LogP contribution in [-0.4, -0.2) is 39.3 Å². The standard InChI is InChI=1S/C26H31N3O3/c1-5-7-11-29-25(18-9-8-10-19(15-18)32-12-6-2)22-23(27-28-24(22)26(29)31)21-17(4)13-16(3)14-20(21)30/h8-10,13-15,25,30H,5-7,11-12H2,1-4H3,(H,27,28). The molecule has 0 saturated carbocycles. The highest BCUT2D eigenvalue weighted by Gasteiger charge is 2.42. The number of fused-ring (bicyclic) bond motifs is 1. The highest BCUT2D eigenvalue weighted by Crippen LogP contribution is 2.46. The number of hydrogen-bond donors (Lipinski definition) is 2. The Balaban J connectivity index is 1.87. The number of hydrogen-bond acceptors (Lipinski definition) is 4. The first-order chi connectivity index (χ1) is 15.5. The highest BCUT2D eigenvalue weighted by atomic mass is 16.5. The topological polar surface area (TPSA) is 78.5 Å². The van der Waals surface area contributed by atoms with Gasteiger partial charge >= 0.3 is 0 Å². The van der Waals surface area contributed by atoms with Crippen molar-refractivity contribution in [2.75, 3.05) is 13.2 Å². The molecule has 0 bridgehead atoms. The van der Waals surface area contributed by atoms with Crippen LogP contribution in [0, 0.1) is 13.8 Å². The van der Waals surface area contributed by atoms with E-state index in [2.05, 4.69) is 24.0 Å². The fourth-order valence-corrected chi connectivity index (χ4v) is 4.54. The molecule has 3 aromatic rings. The summed E-state index contributed by atoms with van der Waals surface area (Å²) in [6.07, 6.45) is 2.83. The average molecular weight is 434 g/mol. The van der Waals surface area contributed by atoms with E-state index in [-0.39, 0.29) is 17.7 Å². The van der Waals surface area contributed by atoms with E-state index in [0.29, 0.717) is 30.1 Å². The van der Waals surface area contributed by atoms with Crippen molar-refractivity contribution in [3.63, 3.8) is 0 Å². The molecule has 1 amide bonds. The third-order valence-corrected chi connectivity index (χ3v) is 5.96. The molecule has 0 fully saturated rings. The van der Waals surface area contributed by atoms with Crippen molar-refractivity contribution in [1.82, 2.24) is 15.1 Å². The summed E-state index contributed by atoms with van der Waals surface area (Å²) in [7, 11) is 0. The van der Waals surface area contributed by atoms with Crippen molar-refractivity contribution < 1.29 is 14.6 Å². The summed E-state index contributed by atoms with van der Waals surface area (Å²) < 4.78 is 5.87. The van der Waals surface area contributed by atoms with Gasteiger partial charge in [0, 0.05) is 17.7 Å². The number of carbonyl (C=O) groups is 1. The number of unbranched alkanes of at least 4 members (excludes halogenated alkanes) is 1. The molecule has 2 heterocycles. The minimum absolute atomic E-state index is 0.0543. The van der Waals surface area contributed by atoms with Crippen LogP contribution in [0.25, 0.3) is 11.3 Å². The SMILES string of the molecule is CCCCN1C(=O)c2[nH]nc(-c3c(C)cc(C)cc3O)c2C1c1cccc(OCCC)c1. The quantitative estimate of drug-likeness (QED) is 0.489. The average Bonchev–Trinajstić information content (AvgIpc) is 3.29. The Bertz CT molecular complexity index is 1110. The normalized spacial score (nSPS) is 15.3. The minimum atomic E-state index is -0.289. The molecule has 0 spiro atoms. The van der Waals surface area contributed by atoms with Gasteiger partial charge in [-0.15, -0.1) is 0 Å². The monoisotopic (exact) mass is 433 g/mol. The van der Waals surface area contributed by atoms with E-state index in [4.69, 9.17) is 4.74 Å². The zero-order valence-electron chi connectivity index (χ0n) is 19.2. The van der Waals surface area contributed by atoms with Gasteiger partial charge in [-0.25, -0.2) is 0 Å². The maximum atomic E-state index is 13.4. The van der Waals surface area contributed by atoms with Gasteiger partial charge in [0.2, 0.25) is 0 Å². The number of benzene rings is 2. The van der Waals surface area contributed by atoms with Crippen LogP contribution in [0.15, 0.2) is 36.4 Å². The highest BCUT2D eigenvalue weighted by molar-refractivity contribution is 6.00. The Kier molecular flexibility index (Phi) is 6.21. The molecule has 1 aliphatic rings. The van der Waals surface area contributed by atoms with E-state index in [9.17, 15) is 9.90 Å². The van der Waals surface area contributed by atoms with Crippen LogP contribution in [0.4, 0.5) is 0 Å². The smallest absolute Gasteiger partial charge is 0.273 e. The molecule has 0 radical (unpaired) electrons. The lowest BCUT2D eigenvalue weighted by atomic mass is 9.93. The molecule has 0 saturated heterocycles. The Hall–Kier alpha value is -3.28. The van der Waals surface area contributed by atoms with E-state index < -0.39 is 0 Å². The van der Waals surface area contributed by atoms with E-state index >= 15 is 0 Å². The predicted molar refractivity (Wildman–Crippen MR) is 125 cm³/mol. The molecular weight excluding hydrogens is 402 g/mol. The van der Waals surface area contributed by atoms with E-state index in [1.165, 1.54) is 0 Å². The largest absolute Gasteiger partial charge is 0.507 e. The van der Waals surface area contributed by atoms with Crippen LogP contribution >= 0.6 is 0 Å². The number of amides is 1. The first-order valence-corrected chi connectivity index (χ1v) is 11.4. The molecule has 6 nitrogen and oxygen atoms in total. The summed E-state index contributed by atoms with van der Waals surface area (Å²) >= 11 is 0. The second kappa shape index (κ2) is 9.07. The zero-order valence-corrected chi connectivity index (χ0v) is 19.2. The number of nitrogens with zero attached hydrogens (tertiary/aromatic N) is 2. The maximum absolute atomic E-state index is 13.4. The Morgan fingerprint density at radius 3 is 2.69 bits per heavy atom. The molecule has 6 heteroatoms. The molecule has 1 aromatic heterocycles. The van der Waals surface area contributed by atoms with Crippen molar-refractivity contribution in [3.05, 3.63) is 64.3 Å². The van der Waals surface area contributed by atoms with Gasteiger partial charge in [-0.2, -0.15) is 5.10 Å². The maximum Gasteiger partial charge on any atom is 0.273 e. The number of H-pyrrole nitrogens is 1. The minimum Gasteiger partial charge on any atom is -0.507 e. The molecular formula is C26H31N3O3. The van der Waals surface area contributed by atoms with Crippen LogP contribution in [-0.2, 0) is 0 Å². The van der Waals surface area contributed by atoms with Gasteiger partial charge in [0.25, 0.3) is 5.91 Å². The molecule has 1 atom stereocenters. The lowest BCUT2D eigenvalue weighted by Gasteiger charge is -2.27. The van der Waals surface area contributed by atoms with Crippen molar-refractivity contribution in [2.24, 2.45) is 0 Å². The summed E-state index contributed by atoms with van der Waals surface area (Å²) in [5.74, 6) is 0.913. The van der Waals surface area contributed by atoms with Gasteiger partial charge in [0.15, 0.2) is 0 Å². The molecule has 0 aliphatic carbocycles. The summed E-state index contributed by atoms with van der Waals surface area (Å²) in [4.78, 5) is 15.3. The number of aromatic nitrogens is 2. The number of carbonyl (C=O) groups excluding carboxylic acids is 1. The number of ether oxygens (including phenoxy) is 1. The lowest BCUT2D eigenvalue weighted by Crippen LogP contribution is -2.30. The first kappa shape index (κ1) is 21.9. The van der Waals surface area contributed by atoms with Crippen LogP contribution in [0.1, 0.15) is 71.9 Å². The number of rotatable bonds is 8. The molecule has 2 N–H and O–H groups in total. The van der Waals surface area contributed by atoms with Crippen molar-refractivity contribution in [3.8, 4) is 22.8 Å². The van der Waals surface area contributed by atoms with Crippen LogP contribution in [0.3, 0.4) is 0 Å². The number of aryl methyl sites for hydroxylation is 2. The Morgan fingerprint density at radius 1 is 1.16 bits per heavy atom. The van der Waals surface area contributed by atoms with Crippen LogP contribution in [0.2, 0.25) is 0 Å². The Labute approximate surface area is 189 Å². The predicted octanol–water partition coefficient (Wildman–Crippen LogP) is 5.53. The van der Waals surface area contributed by atoms with Gasteiger partial charge in [0.05, 0.1) is 12.6 Å². The van der Waals surface area contributed by atoms with E-state index in [1.807, 2.05) is 49.1 Å². The van der Waals surface area contributed by atoms with Crippen molar-refractivity contribution in [2.45, 2.75) is 53.0 Å². The number of phenols is 1. The number of phenolic OH excluding ortho intramolecular Hbond substituents is 1. The van der Waals surface area contributed by atoms with Crippen molar-refractivity contribution >= 4 is 5.91 Å². The van der Waals surface area contributed by atoms with E-state index in [1.54, 1.807) is 6.07 Å². The van der Waals surface area contributed by atoms with Gasteiger partial charge in [-0.05, 0) is 61.6 Å². The van der Waals surface area contributed by atoms with Crippen LogP contribution in [0.5, 0.6) is 11.5 Å². The number of aromatic hydroxyl groups is 1. The summed E-state index contributed by atoms with van der Waals surface area (Å²) in [6.45, 7) is 9.41. The number of aromatic amines is 1. The molecule has 4 rings (SSSR count). The van der Waals surface area contributed by atoms with Gasteiger partial charge in [0.1, 0.15) is 22.9 Å². The third-order valence-electron chi connectivity index (χ3n) is 5.96. The molecule has 2 aromatic carbocycles. The van der Waals surface area contributed by atoms with Crippen molar-refractivity contribution in [1.29, 1.82) is 0 Å². The second-order valence-corrected chi connectivity index (χ2v) is 8.51. The van der Waals surface area contributed by atoms with Gasteiger partial charge < -0.3 is 14.7 Å². The lowest BCUT2D eigenvalue weighted by molar-refractivity contribution is 0.0741. The molecule has 168 valence electrons. The second-order valence-electron chi connectivity index (χ2n) is 8.51. The fraction of sp³-hybridized carbons (Fsp3) is 0.385. The Morgan fingerprint density at radius 2 is 1.97 bits per heavy atom. The third kappa shape index (κ3) is 3.85. The summed E-state index contributed by atoms with van der Waals surface area (Å²) in [6, 6.07) is 11.4. The van der Waals surface area contributed by atoms with Crippen LogP contribution < -0.4 is 4.74 Å². The molecule has 1 unspecified atom stereocenters. The molecule has 1 aliphatic heterocycles. The number of nitrogens with one attached hydrogen (secondary N) is 1. The first-order valence-electron chi connectivity index (χ1n) is 11.4. The fourth-order valence-electron chi connectivity index (χ4n) is 4.54. The molecule has 32 heavy (non-hydrogen) atoms.